The lowest BCUT2D eigenvalue weighted by atomic mass is 10.0. The first kappa shape index (κ1) is 21.7. The molecule has 2 aromatic carbocycles. The molecule has 0 amide bonds. The minimum absolute atomic E-state index is 0.184. The number of benzene rings is 2. The number of fused-ring (bicyclic) bond motifs is 1. The second-order valence-electron chi connectivity index (χ2n) is 7.56. The molecule has 2 aromatic rings. The molecule has 158 valence electrons. The third-order valence-corrected chi connectivity index (χ3v) is 7.89. The van der Waals surface area contributed by atoms with Crippen molar-refractivity contribution < 1.29 is 13.2 Å². The Balaban J connectivity index is 1.72. The highest BCUT2D eigenvalue weighted by molar-refractivity contribution is 7.89. The molecule has 6 heteroatoms. The van der Waals surface area contributed by atoms with Crippen LogP contribution in [0.4, 0.5) is 5.69 Å². The van der Waals surface area contributed by atoms with Crippen LogP contribution in [0.3, 0.4) is 0 Å². The molecular formula is C23H32N2O3S. The maximum absolute atomic E-state index is 12.5. The average molecular weight is 417 g/mol. The van der Waals surface area contributed by atoms with Gasteiger partial charge in [-0.15, -0.1) is 0 Å². The second kappa shape index (κ2) is 9.18. The zero-order valence-electron chi connectivity index (χ0n) is 17.9. The number of anilines is 1. The first-order valence-electron chi connectivity index (χ1n) is 10.4. The number of hydrogen-bond donors (Lipinski definition) is 0. The zero-order valence-corrected chi connectivity index (χ0v) is 18.7. The molecule has 0 aromatic heterocycles. The van der Waals surface area contributed by atoms with Gasteiger partial charge in [-0.25, -0.2) is 12.7 Å². The minimum atomic E-state index is -3.18. The Labute approximate surface area is 175 Å². The van der Waals surface area contributed by atoms with Gasteiger partial charge in [-0.1, -0.05) is 32.0 Å². The molecule has 29 heavy (non-hydrogen) atoms. The van der Waals surface area contributed by atoms with Gasteiger partial charge in [0.05, 0.1) is 12.9 Å². The van der Waals surface area contributed by atoms with Crippen molar-refractivity contribution in [2.75, 3.05) is 37.4 Å². The van der Waals surface area contributed by atoms with Crippen LogP contribution >= 0.6 is 0 Å². The summed E-state index contributed by atoms with van der Waals surface area (Å²) in [7, 11) is -1.50. The summed E-state index contributed by atoms with van der Waals surface area (Å²) < 4.78 is 31.9. The molecule has 0 saturated heterocycles. The van der Waals surface area contributed by atoms with E-state index in [1.165, 1.54) is 16.8 Å². The van der Waals surface area contributed by atoms with E-state index in [2.05, 4.69) is 42.2 Å². The largest absolute Gasteiger partial charge is 0.497 e. The summed E-state index contributed by atoms with van der Waals surface area (Å²) in [4.78, 5) is 2.35. The summed E-state index contributed by atoms with van der Waals surface area (Å²) in [5.74, 6) is 1.05. The van der Waals surface area contributed by atoms with Crippen LogP contribution < -0.4 is 9.64 Å². The van der Waals surface area contributed by atoms with E-state index in [4.69, 9.17) is 4.74 Å². The highest BCUT2D eigenvalue weighted by Gasteiger charge is 2.26. The van der Waals surface area contributed by atoms with Crippen molar-refractivity contribution in [1.82, 2.24) is 4.31 Å². The second-order valence-corrected chi connectivity index (χ2v) is 9.65. The van der Waals surface area contributed by atoms with E-state index in [1.807, 2.05) is 26.0 Å². The van der Waals surface area contributed by atoms with E-state index in [1.54, 1.807) is 11.4 Å². The van der Waals surface area contributed by atoms with Crippen LogP contribution in [0.2, 0.25) is 0 Å². The Morgan fingerprint density at radius 3 is 2.52 bits per heavy atom. The molecule has 0 fully saturated rings. The zero-order chi connectivity index (χ0) is 21.0. The maximum atomic E-state index is 12.5. The quantitative estimate of drug-likeness (QED) is 0.615. The van der Waals surface area contributed by atoms with Gasteiger partial charge in [-0.2, -0.15) is 0 Å². The van der Waals surface area contributed by atoms with Crippen molar-refractivity contribution in [3.63, 3.8) is 0 Å². The van der Waals surface area contributed by atoms with E-state index in [0.29, 0.717) is 19.5 Å². The molecule has 0 spiro atoms. The lowest BCUT2D eigenvalue weighted by Gasteiger charge is -2.28. The summed E-state index contributed by atoms with van der Waals surface area (Å²) in [5.41, 5.74) is 4.87. The van der Waals surface area contributed by atoms with Crippen LogP contribution in [-0.2, 0) is 16.4 Å². The standard InChI is InChI=1S/C23H32N2O3S/c1-5-24(6-2)29(26,27)15-13-18(3)25-14-12-21-16-20(10-11-23(21)25)19-8-7-9-22(17-19)28-4/h7-11,16-18H,5-6,12-15H2,1-4H3. The van der Waals surface area contributed by atoms with Gasteiger partial charge >= 0.3 is 0 Å². The van der Waals surface area contributed by atoms with Gasteiger partial charge in [0, 0.05) is 31.4 Å². The molecular weight excluding hydrogens is 384 g/mol. The molecule has 1 heterocycles. The number of rotatable bonds is 9. The number of ether oxygens (including phenoxy) is 1. The first-order chi connectivity index (χ1) is 13.9. The van der Waals surface area contributed by atoms with E-state index in [0.717, 1.165) is 24.3 Å². The van der Waals surface area contributed by atoms with Crippen LogP contribution in [0.5, 0.6) is 5.75 Å². The summed E-state index contributed by atoms with van der Waals surface area (Å²) in [6, 6.07) is 14.9. The number of nitrogens with zero attached hydrogens (tertiary/aromatic N) is 2. The fourth-order valence-electron chi connectivity index (χ4n) is 4.09. The molecule has 5 nitrogen and oxygen atoms in total. The van der Waals surface area contributed by atoms with Crippen molar-refractivity contribution >= 4 is 15.7 Å². The SMILES string of the molecule is CCN(CC)S(=O)(=O)CCC(C)N1CCc2cc(-c3cccc(OC)c3)ccc21. The summed E-state index contributed by atoms with van der Waals surface area (Å²) in [6.07, 6.45) is 1.62. The average Bonchev–Trinajstić information content (AvgIpc) is 3.16. The van der Waals surface area contributed by atoms with Gasteiger partial charge in [-0.3, -0.25) is 0 Å². The Kier molecular flexibility index (Phi) is 6.85. The van der Waals surface area contributed by atoms with E-state index in [9.17, 15) is 8.42 Å². The van der Waals surface area contributed by atoms with E-state index >= 15 is 0 Å². The van der Waals surface area contributed by atoms with Gasteiger partial charge in [0.15, 0.2) is 0 Å². The minimum Gasteiger partial charge on any atom is -0.497 e. The third-order valence-electron chi connectivity index (χ3n) is 5.84. The van der Waals surface area contributed by atoms with Crippen LogP contribution in [0.1, 0.15) is 32.8 Å². The van der Waals surface area contributed by atoms with Gasteiger partial charge in [0.2, 0.25) is 10.0 Å². The van der Waals surface area contributed by atoms with Gasteiger partial charge in [0.1, 0.15) is 5.75 Å². The Morgan fingerprint density at radius 2 is 1.83 bits per heavy atom. The van der Waals surface area contributed by atoms with Crippen molar-refractivity contribution in [2.45, 2.75) is 39.7 Å². The van der Waals surface area contributed by atoms with Gasteiger partial charge in [-0.05, 0) is 60.7 Å². The van der Waals surface area contributed by atoms with Crippen LogP contribution in [0.15, 0.2) is 42.5 Å². The van der Waals surface area contributed by atoms with Gasteiger partial charge < -0.3 is 9.64 Å². The van der Waals surface area contributed by atoms with Crippen molar-refractivity contribution in [3.05, 3.63) is 48.0 Å². The summed E-state index contributed by atoms with van der Waals surface area (Å²) >= 11 is 0. The molecule has 1 aliphatic rings. The molecule has 0 N–H and O–H groups in total. The highest BCUT2D eigenvalue weighted by Crippen LogP contribution is 2.34. The lowest BCUT2D eigenvalue weighted by molar-refractivity contribution is 0.415. The first-order valence-corrected chi connectivity index (χ1v) is 12.0. The summed E-state index contributed by atoms with van der Waals surface area (Å²) in [5, 5.41) is 0. The normalized spacial score (nSPS) is 14.9. The van der Waals surface area contributed by atoms with Gasteiger partial charge in [0.25, 0.3) is 0 Å². The van der Waals surface area contributed by atoms with Crippen molar-refractivity contribution in [2.24, 2.45) is 0 Å². The van der Waals surface area contributed by atoms with Crippen LogP contribution in [0.25, 0.3) is 11.1 Å². The monoisotopic (exact) mass is 416 g/mol. The predicted molar refractivity (Wildman–Crippen MR) is 120 cm³/mol. The highest BCUT2D eigenvalue weighted by atomic mass is 32.2. The smallest absolute Gasteiger partial charge is 0.214 e. The Morgan fingerprint density at radius 1 is 1.10 bits per heavy atom. The molecule has 0 saturated carbocycles. The van der Waals surface area contributed by atoms with Crippen molar-refractivity contribution in [3.8, 4) is 16.9 Å². The predicted octanol–water partition coefficient (Wildman–Crippen LogP) is 4.17. The van der Waals surface area contributed by atoms with E-state index < -0.39 is 10.0 Å². The lowest BCUT2D eigenvalue weighted by Crippen LogP contribution is -2.37. The van der Waals surface area contributed by atoms with Crippen LogP contribution in [0, 0.1) is 0 Å². The topological polar surface area (TPSA) is 49.9 Å². The molecule has 0 bridgehead atoms. The Hall–Kier alpha value is -2.05. The molecule has 1 unspecified atom stereocenters. The van der Waals surface area contributed by atoms with E-state index in [-0.39, 0.29) is 11.8 Å². The number of methoxy groups -OCH3 is 1. The fraction of sp³-hybridized carbons (Fsp3) is 0.478. The summed E-state index contributed by atoms with van der Waals surface area (Å²) in [6.45, 7) is 7.91. The van der Waals surface area contributed by atoms with Crippen LogP contribution in [-0.4, -0.2) is 51.3 Å². The third kappa shape index (κ3) is 4.75. The number of hydrogen-bond acceptors (Lipinski definition) is 4. The fourth-order valence-corrected chi connectivity index (χ4v) is 5.77. The van der Waals surface area contributed by atoms with Crippen molar-refractivity contribution in [1.29, 1.82) is 0 Å². The maximum Gasteiger partial charge on any atom is 0.214 e. The molecule has 0 aliphatic carbocycles. The molecule has 3 rings (SSSR count). The molecule has 1 aliphatic heterocycles. The number of sulfonamides is 1. The molecule has 0 radical (unpaired) electrons. The molecule has 1 atom stereocenters. The Bertz CT molecular complexity index is 939.